The van der Waals surface area contributed by atoms with E-state index in [4.69, 9.17) is 4.98 Å². The number of hydrogen-bond donors (Lipinski definition) is 1. The highest BCUT2D eigenvalue weighted by Gasteiger charge is 2.28. The third-order valence-corrected chi connectivity index (χ3v) is 6.16. The molecule has 1 N–H and O–H groups in total. The zero-order valence-corrected chi connectivity index (χ0v) is 17.1. The number of aromatic nitrogens is 2. The monoisotopic (exact) mass is 391 g/mol. The molecule has 2 aromatic carbocycles. The molecular weight excluding hydrogens is 366 g/mol. The van der Waals surface area contributed by atoms with Crippen LogP contribution < -0.4 is 4.90 Å². The van der Waals surface area contributed by atoms with Crippen LogP contribution in [0.2, 0.25) is 0 Å². The van der Waals surface area contributed by atoms with Crippen LogP contribution in [0.5, 0.6) is 0 Å². The van der Waals surface area contributed by atoms with Crippen LogP contribution in [0.1, 0.15) is 35.9 Å². The summed E-state index contributed by atoms with van der Waals surface area (Å²) in [5.74, 6) is 0.527. The summed E-state index contributed by atoms with van der Waals surface area (Å²) < 4.78 is 0. The largest absolute Gasteiger partial charge is 0.337 e. The second-order valence-corrected chi connectivity index (χ2v) is 8.31. The molecule has 2 heterocycles. The number of aromatic amines is 1. The zero-order chi connectivity index (χ0) is 19.5. The third kappa shape index (κ3) is 3.99. The molecule has 1 aliphatic rings. The Morgan fingerprint density at radius 2 is 1.93 bits per heavy atom. The zero-order valence-electron chi connectivity index (χ0n) is 16.3. The summed E-state index contributed by atoms with van der Waals surface area (Å²) >= 11 is 1.49. The first-order chi connectivity index (χ1) is 13.6. The number of para-hydroxylation sites is 1. The fourth-order valence-corrected chi connectivity index (χ4v) is 4.56. The van der Waals surface area contributed by atoms with Gasteiger partial charge in [-0.1, -0.05) is 60.3 Å². The molecule has 5 heteroatoms. The molecule has 0 saturated heterocycles. The number of rotatable bonds is 5. The molecule has 0 bridgehead atoms. The van der Waals surface area contributed by atoms with E-state index in [-0.39, 0.29) is 11.9 Å². The number of aryl methyl sites for hydroxylation is 2. The molecule has 1 atom stereocenters. The lowest BCUT2D eigenvalue weighted by molar-refractivity contribution is -0.116. The molecular formula is C23H25N3OS. The molecule has 1 aliphatic heterocycles. The lowest BCUT2D eigenvalue weighted by Gasteiger charge is -2.35. The maximum absolute atomic E-state index is 13.0. The van der Waals surface area contributed by atoms with E-state index in [0.717, 1.165) is 41.5 Å². The number of H-pyrrole nitrogens is 1. The minimum atomic E-state index is 0.142. The van der Waals surface area contributed by atoms with E-state index in [9.17, 15) is 4.79 Å². The molecule has 4 nitrogen and oxygen atoms in total. The van der Waals surface area contributed by atoms with Crippen LogP contribution in [0.4, 0.5) is 5.69 Å². The average Bonchev–Trinajstić information content (AvgIpc) is 3.06. The topological polar surface area (TPSA) is 49.0 Å². The molecule has 0 radical (unpaired) electrons. The molecule has 4 rings (SSSR count). The van der Waals surface area contributed by atoms with Gasteiger partial charge in [0.05, 0.1) is 11.4 Å². The van der Waals surface area contributed by atoms with Crippen molar-refractivity contribution in [1.29, 1.82) is 0 Å². The summed E-state index contributed by atoms with van der Waals surface area (Å²) in [4.78, 5) is 23.0. The molecule has 0 fully saturated rings. The molecule has 1 amide bonds. The summed E-state index contributed by atoms with van der Waals surface area (Å²) in [6, 6.07) is 18.8. The Bertz CT molecular complexity index is 967. The van der Waals surface area contributed by atoms with Crippen LogP contribution in [0, 0.1) is 6.92 Å². The summed E-state index contributed by atoms with van der Waals surface area (Å²) in [5.41, 5.74) is 5.67. The maximum atomic E-state index is 13.0. The van der Waals surface area contributed by atoms with Crippen molar-refractivity contribution < 1.29 is 4.79 Å². The van der Waals surface area contributed by atoms with Crippen molar-refractivity contribution in [2.45, 2.75) is 44.3 Å². The average molecular weight is 392 g/mol. The number of anilines is 1. The molecule has 1 aromatic heterocycles. The maximum Gasteiger partial charge on any atom is 0.237 e. The van der Waals surface area contributed by atoms with Gasteiger partial charge in [0.25, 0.3) is 0 Å². The van der Waals surface area contributed by atoms with Crippen molar-refractivity contribution in [2.75, 3.05) is 10.7 Å². The molecule has 0 aliphatic carbocycles. The van der Waals surface area contributed by atoms with E-state index in [1.54, 1.807) is 0 Å². The molecule has 3 aromatic rings. The summed E-state index contributed by atoms with van der Waals surface area (Å²) in [5, 5.41) is 0.815. The quantitative estimate of drug-likeness (QED) is 0.638. The second-order valence-electron chi connectivity index (χ2n) is 7.34. The van der Waals surface area contributed by atoms with Crippen molar-refractivity contribution in [3.8, 4) is 0 Å². The third-order valence-electron chi connectivity index (χ3n) is 5.30. The van der Waals surface area contributed by atoms with Crippen LogP contribution in [-0.2, 0) is 17.6 Å². The van der Waals surface area contributed by atoms with Gasteiger partial charge in [-0.2, -0.15) is 0 Å². The van der Waals surface area contributed by atoms with Gasteiger partial charge in [-0.05, 0) is 43.9 Å². The smallest absolute Gasteiger partial charge is 0.237 e. The van der Waals surface area contributed by atoms with Crippen LogP contribution in [-0.4, -0.2) is 27.7 Å². The van der Waals surface area contributed by atoms with Gasteiger partial charge >= 0.3 is 0 Å². The number of imidazole rings is 1. The number of benzene rings is 2. The number of thioether (sulfide) groups is 1. The van der Waals surface area contributed by atoms with E-state index in [0.29, 0.717) is 5.75 Å². The lowest BCUT2D eigenvalue weighted by atomic mass is 9.97. The Kier molecular flexibility index (Phi) is 5.53. The van der Waals surface area contributed by atoms with Gasteiger partial charge in [-0.15, -0.1) is 0 Å². The SMILES string of the molecule is Cc1[nH]c(SCC(=O)N2c3ccccc3CCC2C)nc1Cc1ccccc1. The highest BCUT2D eigenvalue weighted by Crippen LogP contribution is 2.31. The van der Waals surface area contributed by atoms with Gasteiger partial charge in [0.15, 0.2) is 5.16 Å². The number of nitrogens with one attached hydrogen (secondary N) is 1. The minimum Gasteiger partial charge on any atom is -0.337 e. The lowest BCUT2D eigenvalue weighted by Crippen LogP contribution is -2.43. The van der Waals surface area contributed by atoms with E-state index in [2.05, 4.69) is 36.2 Å². The van der Waals surface area contributed by atoms with Gasteiger partial charge in [-0.3, -0.25) is 4.79 Å². The first-order valence-electron chi connectivity index (χ1n) is 9.74. The summed E-state index contributed by atoms with van der Waals surface area (Å²) in [7, 11) is 0. The van der Waals surface area contributed by atoms with Crippen molar-refractivity contribution in [2.24, 2.45) is 0 Å². The van der Waals surface area contributed by atoms with Crippen molar-refractivity contribution >= 4 is 23.4 Å². The number of hydrogen-bond acceptors (Lipinski definition) is 3. The first kappa shape index (κ1) is 18.8. The van der Waals surface area contributed by atoms with Crippen LogP contribution in [0.3, 0.4) is 0 Å². The van der Waals surface area contributed by atoms with E-state index >= 15 is 0 Å². The molecule has 0 saturated carbocycles. The number of nitrogens with zero attached hydrogens (tertiary/aromatic N) is 2. The van der Waals surface area contributed by atoms with E-state index in [1.165, 1.54) is 22.9 Å². The second kappa shape index (κ2) is 8.23. The highest BCUT2D eigenvalue weighted by molar-refractivity contribution is 7.99. The van der Waals surface area contributed by atoms with E-state index < -0.39 is 0 Å². The Balaban J connectivity index is 1.44. The summed E-state index contributed by atoms with van der Waals surface area (Å²) in [6.07, 6.45) is 2.84. The van der Waals surface area contributed by atoms with Gasteiger partial charge in [0.1, 0.15) is 0 Å². The Morgan fingerprint density at radius 1 is 1.18 bits per heavy atom. The standard InChI is InChI=1S/C23H25N3OS/c1-16-12-13-19-10-6-7-11-21(19)26(16)22(27)15-28-23-24-17(2)20(25-23)14-18-8-4-3-5-9-18/h3-11,16H,12-15H2,1-2H3,(H,24,25). The summed E-state index contributed by atoms with van der Waals surface area (Å²) in [6.45, 7) is 4.17. The van der Waals surface area contributed by atoms with Gasteiger partial charge in [-0.25, -0.2) is 4.98 Å². The number of fused-ring (bicyclic) bond motifs is 1. The Hall–Kier alpha value is -2.53. The van der Waals surface area contributed by atoms with Crippen LogP contribution in [0.25, 0.3) is 0 Å². The highest BCUT2D eigenvalue weighted by atomic mass is 32.2. The van der Waals surface area contributed by atoms with E-state index in [1.807, 2.05) is 42.2 Å². The normalized spacial score (nSPS) is 16.1. The number of amides is 1. The number of carbonyl (C=O) groups excluding carboxylic acids is 1. The predicted molar refractivity (Wildman–Crippen MR) is 115 cm³/mol. The molecule has 0 spiro atoms. The fraction of sp³-hybridized carbons (Fsp3) is 0.304. The van der Waals surface area contributed by atoms with Gasteiger partial charge < -0.3 is 9.88 Å². The van der Waals surface area contributed by atoms with Crippen molar-refractivity contribution in [1.82, 2.24) is 9.97 Å². The van der Waals surface area contributed by atoms with Crippen LogP contribution in [0.15, 0.2) is 59.8 Å². The molecule has 144 valence electrons. The molecule has 1 unspecified atom stereocenters. The van der Waals surface area contributed by atoms with Gasteiger partial charge in [0, 0.05) is 23.8 Å². The van der Waals surface area contributed by atoms with Crippen LogP contribution >= 0.6 is 11.8 Å². The Morgan fingerprint density at radius 3 is 2.75 bits per heavy atom. The first-order valence-corrected chi connectivity index (χ1v) is 10.7. The van der Waals surface area contributed by atoms with Crippen molar-refractivity contribution in [3.05, 3.63) is 77.1 Å². The van der Waals surface area contributed by atoms with Gasteiger partial charge in [0.2, 0.25) is 5.91 Å². The minimum absolute atomic E-state index is 0.142. The number of carbonyl (C=O) groups is 1. The fourth-order valence-electron chi connectivity index (χ4n) is 3.76. The van der Waals surface area contributed by atoms with Crippen molar-refractivity contribution in [3.63, 3.8) is 0 Å². The predicted octanol–water partition coefficient (Wildman–Crippen LogP) is 4.77. The Labute approximate surface area is 170 Å². The molecule has 28 heavy (non-hydrogen) atoms.